The third kappa shape index (κ3) is 5.85. The summed E-state index contributed by atoms with van der Waals surface area (Å²) in [6.07, 6.45) is 1.22. The molecule has 0 amide bonds. The molecule has 0 bridgehead atoms. The van der Waals surface area contributed by atoms with Crippen molar-refractivity contribution in [1.29, 1.82) is 0 Å². The van der Waals surface area contributed by atoms with Crippen LogP contribution < -0.4 is 14.2 Å². The number of hydrogen-bond acceptors (Lipinski definition) is 7. The van der Waals surface area contributed by atoms with Gasteiger partial charge in [0.1, 0.15) is 29.1 Å². The Hall–Kier alpha value is -2.61. The van der Waals surface area contributed by atoms with E-state index in [4.69, 9.17) is 23.7 Å². The molecule has 178 valence electrons. The number of carbonyl (C=O) groups excluding carboxylic acids is 1. The maximum Gasteiger partial charge on any atom is 0.138 e. The lowest BCUT2D eigenvalue weighted by Gasteiger charge is -2.30. The van der Waals surface area contributed by atoms with E-state index in [1.54, 1.807) is 7.11 Å². The minimum Gasteiger partial charge on any atom is -0.496 e. The number of ether oxygens (including phenoxy) is 5. The lowest BCUT2D eigenvalue weighted by atomic mass is 9.93. The van der Waals surface area contributed by atoms with Crippen LogP contribution in [0.2, 0.25) is 0 Å². The van der Waals surface area contributed by atoms with Crippen LogP contribution >= 0.6 is 0 Å². The summed E-state index contributed by atoms with van der Waals surface area (Å²) in [6.45, 7) is 3.59. The number of ketones is 1. The molecule has 2 aromatic carbocycles. The monoisotopic (exact) mass is 456 g/mol. The van der Waals surface area contributed by atoms with Gasteiger partial charge < -0.3 is 28.8 Å². The van der Waals surface area contributed by atoms with Gasteiger partial charge in [0, 0.05) is 37.3 Å². The topological polar surface area (TPSA) is 83.5 Å². The minimum atomic E-state index is -0.492. The van der Waals surface area contributed by atoms with Crippen molar-refractivity contribution in [2.75, 3.05) is 33.5 Å². The predicted octanol–water partition coefficient (Wildman–Crippen LogP) is 3.63. The largest absolute Gasteiger partial charge is 0.496 e. The second-order valence-electron chi connectivity index (χ2n) is 8.44. The Morgan fingerprint density at radius 2 is 1.94 bits per heavy atom. The van der Waals surface area contributed by atoms with Crippen LogP contribution in [0.4, 0.5) is 0 Å². The van der Waals surface area contributed by atoms with E-state index in [2.05, 4.69) is 0 Å². The SMILES string of the molecule is CCOc1cc(OC)c(Cc2ccc(O[C@H]3CCOC3)cc2)cc1[C@H]1CC(=O)C[C@@H](CO)O1. The molecular formula is C26H32O7. The predicted molar refractivity (Wildman–Crippen MR) is 122 cm³/mol. The molecule has 0 spiro atoms. The standard InChI is InChI=1S/C26H32O7/c1-3-31-25-14-24(29-2)18(11-23(25)26-13-19(28)12-22(15-27)33-26)10-17-4-6-20(7-5-17)32-21-8-9-30-16-21/h4-7,11,14,21-22,26-27H,3,8-10,12-13,15-16H2,1-2H3/t21-,22-,26+/m0/s1. The van der Waals surface area contributed by atoms with Gasteiger partial charge in [0.15, 0.2) is 0 Å². The summed E-state index contributed by atoms with van der Waals surface area (Å²) in [5, 5.41) is 9.54. The van der Waals surface area contributed by atoms with E-state index in [0.717, 1.165) is 35.5 Å². The highest BCUT2D eigenvalue weighted by atomic mass is 16.5. The van der Waals surface area contributed by atoms with Crippen molar-refractivity contribution < 1.29 is 33.6 Å². The second-order valence-corrected chi connectivity index (χ2v) is 8.44. The van der Waals surface area contributed by atoms with Gasteiger partial charge in [-0.3, -0.25) is 4.79 Å². The fourth-order valence-electron chi connectivity index (χ4n) is 4.35. The Morgan fingerprint density at radius 1 is 1.12 bits per heavy atom. The van der Waals surface area contributed by atoms with E-state index in [1.165, 1.54) is 0 Å². The summed E-state index contributed by atoms with van der Waals surface area (Å²) in [5.74, 6) is 2.26. The molecule has 2 aromatic rings. The van der Waals surface area contributed by atoms with Crippen molar-refractivity contribution in [1.82, 2.24) is 0 Å². The third-order valence-electron chi connectivity index (χ3n) is 6.00. The molecule has 33 heavy (non-hydrogen) atoms. The summed E-state index contributed by atoms with van der Waals surface area (Å²) in [4.78, 5) is 12.3. The number of carbonyl (C=O) groups is 1. The molecule has 3 atom stereocenters. The van der Waals surface area contributed by atoms with Gasteiger partial charge in [-0.1, -0.05) is 12.1 Å². The van der Waals surface area contributed by atoms with E-state index in [0.29, 0.717) is 31.1 Å². The Kier molecular flexibility index (Phi) is 7.85. The first-order chi connectivity index (χ1) is 16.1. The molecule has 0 radical (unpaired) electrons. The smallest absolute Gasteiger partial charge is 0.138 e. The van der Waals surface area contributed by atoms with E-state index in [9.17, 15) is 9.90 Å². The van der Waals surface area contributed by atoms with Crippen molar-refractivity contribution in [3.63, 3.8) is 0 Å². The highest BCUT2D eigenvalue weighted by Crippen LogP contribution is 2.39. The fourth-order valence-corrected chi connectivity index (χ4v) is 4.35. The maximum absolute atomic E-state index is 12.3. The van der Waals surface area contributed by atoms with Crippen LogP contribution in [-0.2, 0) is 20.7 Å². The molecule has 1 N–H and O–H groups in total. The van der Waals surface area contributed by atoms with E-state index in [1.807, 2.05) is 43.3 Å². The Labute approximate surface area is 194 Å². The van der Waals surface area contributed by atoms with Crippen molar-refractivity contribution >= 4 is 5.78 Å². The summed E-state index contributed by atoms with van der Waals surface area (Å²) in [5.41, 5.74) is 2.88. The quantitative estimate of drug-likeness (QED) is 0.617. The minimum absolute atomic E-state index is 0.0772. The van der Waals surface area contributed by atoms with Gasteiger partial charge in [-0.15, -0.1) is 0 Å². The van der Waals surface area contributed by atoms with Crippen molar-refractivity contribution in [3.8, 4) is 17.2 Å². The highest BCUT2D eigenvalue weighted by Gasteiger charge is 2.31. The normalized spacial score (nSPS) is 22.9. The number of aliphatic hydroxyl groups excluding tert-OH is 1. The molecule has 2 aliphatic rings. The van der Waals surface area contributed by atoms with Gasteiger partial charge in [0.25, 0.3) is 0 Å². The first-order valence-corrected chi connectivity index (χ1v) is 11.5. The molecule has 7 nitrogen and oxygen atoms in total. The average Bonchev–Trinajstić information content (AvgIpc) is 3.33. The van der Waals surface area contributed by atoms with Gasteiger partial charge in [0.05, 0.1) is 45.7 Å². The number of hydrogen-bond donors (Lipinski definition) is 1. The van der Waals surface area contributed by atoms with Gasteiger partial charge in [-0.05, 0) is 36.2 Å². The molecule has 2 aliphatic heterocycles. The van der Waals surface area contributed by atoms with Crippen molar-refractivity contribution in [2.45, 2.75) is 50.9 Å². The van der Waals surface area contributed by atoms with Gasteiger partial charge >= 0.3 is 0 Å². The maximum atomic E-state index is 12.3. The number of aliphatic hydroxyl groups is 1. The van der Waals surface area contributed by atoms with Crippen LogP contribution in [0.1, 0.15) is 49.0 Å². The van der Waals surface area contributed by atoms with Crippen LogP contribution in [0.5, 0.6) is 17.2 Å². The van der Waals surface area contributed by atoms with E-state index < -0.39 is 12.2 Å². The van der Waals surface area contributed by atoms with Crippen LogP contribution in [0, 0.1) is 0 Å². The van der Waals surface area contributed by atoms with Gasteiger partial charge in [0.2, 0.25) is 0 Å². The Morgan fingerprint density at radius 3 is 2.61 bits per heavy atom. The van der Waals surface area contributed by atoms with E-state index in [-0.39, 0.29) is 31.3 Å². The molecule has 0 saturated carbocycles. The number of methoxy groups -OCH3 is 1. The Bertz CT molecular complexity index is 934. The summed E-state index contributed by atoms with van der Waals surface area (Å²) < 4.78 is 28.9. The molecule has 0 unspecified atom stereocenters. The molecule has 2 heterocycles. The highest BCUT2D eigenvalue weighted by molar-refractivity contribution is 5.80. The van der Waals surface area contributed by atoms with Crippen LogP contribution in [-0.4, -0.2) is 56.6 Å². The summed E-state index contributed by atoms with van der Waals surface area (Å²) in [6, 6.07) is 11.9. The zero-order chi connectivity index (χ0) is 23.2. The fraction of sp³-hybridized carbons (Fsp3) is 0.500. The first kappa shape index (κ1) is 23.5. The van der Waals surface area contributed by atoms with Gasteiger partial charge in [-0.2, -0.15) is 0 Å². The molecule has 7 heteroatoms. The first-order valence-electron chi connectivity index (χ1n) is 11.5. The number of benzene rings is 2. The number of rotatable bonds is 9. The molecule has 0 aromatic heterocycles. The lowest BCUT2D eigenvalue weighted by Crippen LogP contribution is -2.31. The van der Waals surface area contributed by atoms with Crippen LogP contribution in [0.15, 0.2) is 36.4 Å². The molecule has 2 saturated heterocycles. The zero-order valence-electron chi connectivity index (χ0n) is 19.2. The summed E-state index contributed by atoms with van der Waals surface area (Å²) >= 11 is 0. The van der Waals surface area contributed by atoms with Crippen LogP contribution in [0.3, 0.4) is 0 Å². The average molecular weight is 457 g/mol. The van der Waals surface area contributed by atoms with Crippen molar-refractivity contribution in [2.24, 2.45) is 0 Å². The van der Waals surface area contributed by atoms with Gasteiger partial charge in [-0.25, -0.2) is 0 Å². The molecular weight excluding hydrogens is 424 g/mol. The summed E-state index contributed by atoms with van der Waals surface area (Å²) in [7, 11) is 1.64. The second kappa shape index (κ2) is 11.0. The molecule has 0 aliphatic carbocycles. The van der Waals surface area contributed by atoms with E-state index >= 15 is 0 Å². The third-order valence-corrected chi connectivity index (χ3v) is 6.00. The lowest BCUT2D eigenvalue weighted by molar-refractivity contribution is -0.139. The van der Waals surface area contributed by atoms with Crippen LogP contribution in [0.25, 0.3) is 0 Å². The zero-order valence-corrected chi connectivity index (χ0v) is 19.2. The Balaban J connectivity index is 1.57. The number of Topliss-reactive ketones (excluding diaryl/α,β-unsaturated/α-hetero) is 1. The molecule has 4 rings (SSSR count). The van der Waals surface area contributed by atoms with Crippen molar-refractivity contribution in [3.05, 3.63) is 53.1 Å². The molecule has 2 fully saturated rings.